The van der Waals surface area contributed by atoms with Crippen molar-refractivity contribution in [2.45, 2.75) is 37.7 Å². The highest BCUT2D eigenvalue weighted by Gasteiger charge is 2.23. The Morgan fingerprint density at radius 2 is 1.80 bits per heavy atom. The Morgan fingerprint density at radius 3 is 2.40 bits per heavy atom. The molecule has 0 spiro atoms. The van der Waals surface area contributed by atoms with Gasteiger partial charge in [0.1, 0.15) is 5.82 Å². The van der Waals surface area contributed by atoms with Gasteiger partial charge in [-0.05, 0) is 43.2 Å². The van der Waals surface area contributed by atoms with Crippen molar-refractivity contribution >= 4 is 0 Å². The molecule has 0 unspecified atom stereocenters. The van der Waals surface area contributed by atoms with Gasteiger partial charge >= 0.3 is 0 Å². The molecule has 0 bridgehead atoms. The van der Waals surface area contributed by atoms with Crippen LogP contribution < -0.4 is 0 Å². The van der Waals surface area contributed by atoms with Crippen LogP contribution in [0.3, 0.4) is 0 Å². The Kier molecular flexibility index (Phi) is 3.37. The standard InChI is InChI=1S/C13H17FO/c1-15-11-8-6-10(7-9-11)12-4-2-3-5-13(12)14/h2-5,10-11H,6-9H2,1H3. The van der Waals surface area contributed by atoms with Gasteiger partial charge in [-0.25, -0.2) is 4.39 Å². The molecule has 0 saturated heterocycles. The predicted molar refractivity (Wildman–Crippen MR) is 58.4 cm³/mol. The first-order valence-electron chi connectivity index (χ1n) is 5.58. The van der Waals surface area contributed by atoms with Gasteiger partial charge in [0, 0.05) is 7.11 Å². The van der Waals surface area contributed by atoms with Crippen LogP contribution in [0.2, 0.25) is 0 Å². The number of hydrogen-bond donors (Lipinski definition) is 0. The van der Waals surface area contributed by atoms with Crippen LogP contribution in [0.4, 0.5) is 4.39 Å². The third-order valence-corrected chi connectivity index (χ3v) is 3.35. The molecule has 2 heteroatoms. The fourth-order valence-electron chi connectivity index (χ4n) is 2.42. The lowest BCUT2D eigenvalue weighted by Gasteiger charge is -2.27. The van der Waals surface area contributed by atoms with Gasteiger partial charge in [0.05, 0.1) is 6.10 Å². The lowest BCUT2D eigenvalue weighted by Crippen LogP contribution is -2.19. The van der Waals surface area contributed by atoms with Gasteiger partial charge in [0.25, 0.3) is 0 Å². The van der Waals surface area contributed by atoms with E-state index in [0.29, 0.717) is 12.0 Å². The Labute approximate surface area is 90.3 Å². The number of rotatable bonds is 2. The quantitative estimate of drug-likeness (QED) is 0.722. The van der Waals surface area contributed by atoms with Crippen LogP contribution >= 0.6 is 0 Å². The molecule has 2 rings (SSSR count). The second-order valence-electron chi connectivity index (χ2n) is 4.23. The van der Waals surface area contributed by atoms with E-state index < -0.39 is 0 Å². The molecule has 0 N–H and O–H groups in total. The van der Waals surface area contributed by atoms with Gasteiger partial charge in [-0.15, -0.1) is 0 Å². The van der Waals surface area contributed by atoms with Crippen LogP contribution in [0.15, 0.2) is 24.3 Å². The van der Waals surface area contributed by atoms with Crippen LogP contribution in [0.1, 0.15) is 37.2 Å². The van der Waals surface area contributed by atoms with Crippen molar-refractivity contribution in [3.8, 4) is 0 Å². The molecule has 15 heavy (non-hydrogen) atoms. The van der Waals surface area contributed by atoms with E-state index in [1.165, 1.54) is 0 Å². The zero-order valence-corrected chi connectivity index (χ0v) is 9.08. The summed E-state index contributed by atoms with van der Waals surface area (Å²) in [7, 11) is 1.76. The van der Waals surface area contributed by atoms with Crippen molar-refractivity contribution in [1.29, 1.82) is 0 Å². The molecule has 0 heterocycles. The molecule has 1 fully saturated rings. The van der Waals surface area contributed by atoms with Crippen LogP contribution in [0.5, 0.6) is 0 Å². The lowest BCUT2D eigenvalue weighted by molar-refractivity contribution is 0.0655. The van der Waals surface area contributed by atoms with Gasteiger partial charge in [-0.1, -0.05) is 18.2 Å². The summed E-state index contributed by atoms with van der Waals surface area (Å²) in [4.78, 5) is 0. The topological polar surface area (TPSA) is 9.23 Å². The summed E-state index contributed by atoms with van der Waals surface area (Å²) in [5.41, 5.74) is 0.882. The zero-order valence-electron chi connectivity index (χ0n) is 9.08. The van der Waals surface area contributed by atoms with E-state index in [4.69, 9.17) is 4.74 Å². The van der Waals surface area contributed by atoms with Gasteiger partial charge in [-0.3, -0.25) is 0 Å². The molecule has 1 aliphatic rings. The van der Waals surface area contributed by atoms with Crippen molar-refractivity contribution in [1.82, 2.24) is 0 Å². The van der Waals surface area contributed by atoms with Gasteiger partial charge in [0.15, 0.2) is 0 Å². The molecular formula is C13H17FO. The minimum Gasteiger partial charge on any atom is -0.381 e. The molecule has 1 aliphatic carbocycles. The highest BCUT2D eigenvalue weighted by molar-refractivity contribution is 5.22. The molecule has 0 amide bonds. The summed E-state index contributed by atoms with van der Waals surface area (Å²) in [6.07, 6.45) is 4.57. The third kappa shape index (κ3) is 2.37. The third-order valence-electron chi connectivity index (χ3n) is 3.35. The maximum absolute atomic E-state index is 13.5. The van der Waals surface area contributed by atoms with Crippen LogP contribution in [-0.4, -0.2) is 13.2 Å². The fraction of sp³-hybridized carbons (Fsp3) is 0.538. The molecule has 0 radical (unpaired) electrons. The van der Waals surface area contributed by atoms with E-state index >= 15 is 0 Å². The normalized spacial score (nSPS) is 26.5. The minimum atomic E-state index is -0.0571. The lowest BCUT2D eigenvalue weighted by atomic mass is 9.82. The summed E-state index contributed by atoms with van der Waals surface area (Å²) < 4.78 is 18.8. The maximum atomic E-state index is 13.5. The van der Waals surface area contributed by atoms with E-state index in [0.717, 1.165) is 31.2 Å². The van der Waals surface area contributed by atoms with Crippen molar-refractivity contribution in [2.24, 2.45) is 0 Å². The summed E-state index contributed by atoms with van der Waals surface area (Å²) in [6, 6.07) is 7.13. The summed E-state index contributed by atoms with van der Waals surface area (Å²) in [6.45, 7) is 0. The maximum Gasteiger partial charge on any atom is 0.126 e. The highest BCUT2D eigenvalue weighted by atomic mass is 19.1. The Morgan fingerprint density at radius 1 is 1.13 bits per heavy atom. The first kappa shape index (κ1) is 10.6. The number of methoxy groups -OCH3 is 1. The molecule has 0 aliphatic heterocycles. The second-order valence-corrected chi connectivity index (χ2v) is 4.23. The molecule has 1 saturated carbocycles. The first-order chi connectivity index (χ1) is 7.31. The average molecular weight is 208 g/mol. The smallest absolute Gasteiger partial charge is 0.126 e. The number of ether oxygens (including phenoxy) is 1. The monoisotopic (exact) mass is 208 g/mol. The van der Waals surface area contributed by atoms with Gasteiger partial charge in [0.2, 0.25) is 0 Å². The molecular weight excluding hydrogens is 191 g/mol. The zero-order chi connectivity index (χ0) is 10.7. The van der Waals surface area contributed by atoms with E-state index in [-0.39, 0.29) is 5.82 Å². The number of hydrogen-bond acceptors (Lipinski definition) is 1. The Bertz CT molecular complexity index is 316. The van der Waals surface area contributed by atoms with Crippen molar-refractivity contribution in [2.75, 3.05) is 7.11 Å². The van der Waals surface area contributed by atoms with Crippen molar-refractivity contribution < 1.29 is 9.13 Å². The van der Waals surface area contributed by atoms with Gasteiger partial charge < -0.3 is 4.74 Å². The van der Waals surface area contributed by atoms with Crippen molar-refractivity contribution in [3.63, 3.8) is 0 Å². The molecule has 0 atom stereocenters. The number of benzene rings is 1. The van der Waals surface area contributed by atoms with Gasteiger partial charge in [-0.2, -0.15) is 0 Å². The Hall–Kier alpha value is -0.890. The fourth-order valence-corrected chi connectivity index (χ4v) is 2.42. The summed E-state index contributed by atoms with van der Waals surface area (Å²) in [5.74, 6) is 0.330. The van der Waals surface area contributed by atoms with E-state index in [2.05, 4.69) is 0 Å². The minimum absolute atomic E-state index is 0.0571. The first-order valence-corrected chi connectivity index (χ1v) is 5.58. The highest BCUT2D eigenvalue weighted by Crippen LogP contribution is 2.34. The summed E-state index contributed by atoms with van der Waals surface area (Å²) in [5, 5.41) is 0. The van der Waals surface area contributed by atoms with Crippen molar-refractivity contribution in [3.05, 3.63) is 35.6 Å². The molecule has 1 aromatic rings. The van der Waals surface area contributed by atoms with Crippen LogP contribution in [0, 0.1) is 5.82 Å². The van der Waals surface area contributed by atoms with E-state index in [1.807, 2.05) is 12.1 Å². The molecule has 1 aromatic carbocycles. The molecule has 1 nitrogen and oxygen atoms in total. The number of halogens is 1. The molecule has 0 aromatic heterocycles. The average Bonchev–Trinajstić information content (AvgIpc) is 2.30. The van der Waals surface area contributed by atoms with Crippen LogP contribution in [0.25, 0.3) is 0 Å². The summed E-state index contributed by atoms with van der Waals surface area (Å²) >= 11 is 0. The van der Waals surface area contributed by atoms with E-state index in [9.17, 15) is 4.39 Å². The van der Waals surface area contributed by atoms with E-state index in [1.54, 1.807) is 19.2 Å². The SMILES string of the molecule is COC1CCC(c2ccccc2F)CC1. The largest absolute Gasteiger partial charge is 0.381 e. The molecule has 82 valence electrons. The Balaban J connectivity index is 2.04. The predicted octanol–water partition coefficient (Wildman–Crippen LogP) is 3.50. The second kappa shape index (κ2) is 4.75. The van der Waals surface area contributed by atoms with Crippen LogP contribution in [-0.2, 0) is 4.74 Å².